The second-order valence-electron chi connectivity index (χ2n) is 7.51. The molecule has 0 fully saturated rings. The van der Waals surface area contributed by atoms with Gasteiger partial charge in [-0.1, -0.05) is 47.6 Å². The maximum Gasteiger partial charge on any atom is 0.241 e. The first-order chi connectivity index (χ1) is 9.48. The lowest BCUT2D eigenvalue weighted by Crippen LogP contribution is -2.18. The highest BCUT2D eigenvalue weighted by Crippen LogP contribution is 2.31. The van der Waals surface area contributed by atoms with Crippen LogP contribution in [0.2, 0.25) is 0 Å². The van der Waals surface area contributed by atoms with E-state index in [4.69, 9.17) is 11.5 Å². The third-order valence-electron chi connectivity index (χ3n) is 3.54. The van der Waals surface area contributed by atoms with Crippen LogP contribution in [-0.4, -0.2) is 14.8 Å². The molecule has 0 atom stereocenters. The fourth-order valence-corrected chi connectivity index (χ4v) is 2.13. The molecule has 0 bridgehead atoms. The van der Waals surface area contributed by atoms with Crippen LogP contribution in [0.25, 0.3) is 5.69 Å². The Hall–Kier alpha value is -2.04. The predicted molar refractivity (Wildman–Crippen MR) is 87.6 cm³/mol. The third kappa shape index (κ3) is 3.17. The zero-order valence-electron chi connectivity index (χ0n) is 13.7. The van der Waals surface area contributed by atoms with Gasteiger partial charge in [0.2, 0.25) is 11.9 Å². The molecule has 0 spiro atoms. The average Bonchev–Trinajstić information content (AvgIpc) is 2.65. The van der Waals surface area contributed by atoms with Gasteiger partial charge in [-0.05, 0) is 34.1 Å². The average molecular weight is 287 g/mol. The number of nitrogens with zero attached hydrogens (tertiary/aromatic N) is 3. The normalized spacial score (nSPS) is 12.7. The van der Waals surface area contributed by atoms with Crippen molar-refractivity contribution in [2.45, 2.75) is 52.4 Å². The largest absolute Gasteiger partial charge is 0.368 e. The van der Waals surface area contributed by atoms with Crippen LogP contribution in [0, 0.1) is 0 Å². The van der Waals surface area contributed by atoms with Crippen molar-refractivity contribution < 1.29 is 0 Å². The summed E-state index contributed by atoms with van der Waals surface area (Å²) in [6, 6.07) is 6.44. The van der Waals surface area contributed by atoms with Crippen molar-refractivity contribution in [3.8, 4) is 5.69 Å². The van der Waals surface area contributed by atoms with E-state index in [-0.39, 0.29) is 16.8 Å². The maximum absolute atomic E-state index is 5.90. The molecular formula is C16H25N5. The first kappa shape index (κ1) is 15.4. The summed E-state index contributed by atoms with van der Waals surface area (Å²) >= 11 is 0. The monoisotopic (exact) mass is 287 g/mol. The van der Waals surface area contributed by atoms with Crippen LogP contribution in [0.1, 0.15) is 52.7 Å². The van der Waals surface area contributed by atoms with Crippen LogP contribution >= 0.6 is 0 Å². The van der Waals surface area contributed by atoms with E-state index in [1.54, 1.807) is 4.68 Å². The van der Waals surface area contributed by atoms with Crippen molar-refractivity contribution >= 4 is 11.9 Å². The van der Waals surface area contributed by atoms with E-state index >= 15 is 0 Å². The molecule has 2 aromatic rings. The van der Waals surface area contributed by atoms with Gasteiger partial charge in [0.05, 0.1) is 5.69 Å². The number of nitrogen functional groups attached to an aromatic ring is 2. The molecule has 1 aromatic carbocycles. The Kier molecular flexibility index (Phi) is 3.48. The smallest absolute Gasteiger partial charge is 0.241 e. The molecule has 0 aliphatic rings. The summed E-state index contributed by atoms with van der Waals surface area (Å²) in [5, 5.41) is 4.19. The lowest BCUT2D eigenvalue weighted by atomic mass is 9.80. The van der Waals surface area contributed by atoms with E-state index in [0.29, 0.717) is 5.95 Å². The van der Waals surface area contributed by atoms with Gasteiger partial charge in [0.1, 0.15) is 0 Å². The minimum atomic E-state index is 0.0386. The molecule has 1 heterocycles. The van der Waals surface area contributed by atoms with Gasteiger partial charge < -0.3 is 11.5 Å². The van der Waals surface area contributed by atoms with Crippen LogP contribution < -0.4 is 11.5 Å². The van der Waals surface area contributed by atoms with Crippen LogP contribution in [0.3, 0.4) is 0 Å². The molecule has 5 heteroatoms. The molecule has 0 aliphatic carbocycles. The molecule has 0 saturated heterocycles. The minimum absolute atomic E-state index is 0.0386. The molecule has 5 nitrogen and oxygen atoms in total. The van der Waals surface area contributed by atoms with Crippen LogP contribution in [0.4, 0.5) is 11.9 Å². The van der Waals surface area contributed by atoms with E-state index in [1.165, 1.54) is 11.1 Å². The van der Waals surface area contributed by atoms with Crippen LogP contribution in [0.5, 0.6) is 0 Å². The molecule has 4 N–H and O–H groups in total. The fraction of sp³-hybridized carbons (Fsp3) is 0.500. The second-order valence-corrected chi connectivity index (χ2v) is 7.51. The first-order valence-electron chi connectivity index (χ1n) is 7.13. The molecule has 0 unspecified atom stereocenters. The van der Waals surface area contributed by atoms with Gasteiger partial charge in [0.25, 0.3) is 0 Å². The molecule has 1 aromatic heterocycles. The Bertz CT molecular complexity index is 624. The molecule has 0 saturated carbocycles. The van der Waals surface area contributed by atoms with Crippen molar-refractivity contribution in [2.24, 2.45) is 0 Å². The van der Waals surface area contributed by atoms with Crippen LogP contribution in [0.15, 0.2) is 18.2 Å². The standard InChI is InChI=1S/C16H25N5/c1-15(2,3)10-7-11(16(4,5)6)9-12(8-10)21-14(18)19-13(17)20-21/h7-9H,1-6H3,(H4,17,18,19,20). The molecular weight excluding hydrogens is 262 g/mol. The summed E-state index contributed by atoms with van der Waals surface area (Å²) in [4.78, 5) is 3.98. The van der Waals surface area contributed by atoms with Crippen molar-refractivity contribution in [3.63, 3.8) is 0 Å². The number of hydrogen-bond donors (Lipinski definition) is 2. The summed E-state index contributed by atoms with van der Waals surface area (Å²) < 4.78 is 1.60. The van der Waals surface area contributed by atoms with Crippen molar-refractivity contribution in [1.82, 2.24) is 14.8 Å². The zero-order valence-corrected chi connectivity index (χ0v) is 13.7. The molecule has 0 radical (unpaired) electrons. The number of rotatable bonds is 1. The zero-order chi connectivity index (χ0) is 16.0. The summed E-state index contributed by atoms with van der Waals surface area (Å²) in [5.41, 5.74) is 15.0. The molecule has 21 heavy (non-hydrogen) atoms. The van der Waals surface area contributed by atoms with E-state index in [1.807, 2.05) is 0 Å². The van der Waals surface area contributed by atoms with Gasteiger partial charge in [-0.3, -0.25) is 0 Å². The quantitative estimate of drug-likeness (QED) is 0.844. The minimum Gasteiger partial charge on any atom is -0.368 e. The molecule has 0 amide bonds. The number of nitrogens with two attached hydrogens (primary N) is 2. The number of hydrogen-bond acceptors (Lipinski definition) is 4. The predicted octanol–water partition coefficient (Wildman–Crippen LogP) is 3.03. The molecule has 0 aliphatic heterocycles. The molecule has 2 rings (SSSR count). The highest BCUT2D eigenvalue weighted by Gasteiger charge is 2.21. The first-order valence-corrected chi connectivity index (χ1v) is 7.13. The lowest BCUT2D eigenvalue weighted by Gasteiger charge is -2.26. The molecule has 114 valence electrons. The second kappa shape index (κ2) is 4.76. The van der Waals surface area contributed by atoms with E-state index in [0.717, 1.165) is 5.69 Å². The number of anilines is 2. The Morgan fingerprint density at radius 2 is 1.33 bits per heavy atom. The summed E-state index contributed by atoms with van der Waals surface area (Å²) in [5.74, 6) is 0.490. The van der Waals surface area contributed by atoms with Gasteiger partial charge in [0, 0.05) is 0 Å². The Morgan fingerprint density at radius 1 is 0.857 bits per heavy atom. The van der Waals surface area contributed by atoms with Gasteiger partial charge in [-0.25, -0.2) is 0 Å². The van der Waals surface area contributed by atoms with Gasteiger partial charge in [-0.15, -0.1) is 5.10 Å². The van der Waals surface area contributed by atoms with E-state index in [9.17, 15) is 0 Å². The third-order valence-corrected chi connectivity index (χ3v) is 3.54. The van der Waals surface area contributed by atoms with E-state index < -0.39 is 0 Å². The van der Waals surface area contributed by atoms with Crippen molar-refractivity contribution in [1.29, 1.82) is 0 Å². The van der Waals surface area contributed by atoms with Gasteiger partial charge in [-0.2, -0.15) is 9.67 Å². The van der Waals surface area contributed by atoms with Gasteiger partial charge in [0.15, 0.2) is 0 Å². The summed E-state index contributed by atoms with van der Waals surface area (Å²) in [6.07, 6.45) is 0. The van der Waals surface area contributed by atoms with Crippen molar-refractivity contribution in [3.05, 3.63) is 29.3 Å². The highest BCUT2D eigenvalue weighted by molar-refractivity contribution is 5.48. The van der Waals surface area contributed by atoms with E-state index in [2.05, 4.69) is 69.8 Å². The number of benzene rings is 1. The Morgan fingerprint density at radius 3 is 1.67 bits per heavy atom. The lowest BCUT2D eigenvalue weighted by molar-refractivity contribution is 0.567. The summed E-state index contributed by atoms with van der Waals surface area (Å²) in [6.45, 7) is 13.2. The van der Waals surface area contributed by atoms with Gasteiger partial charge >= 0.3 is 0 Å². The Labute approximate surface area is 126 Å². The van der Waals surface area contributed by atoms with Crippen LogP contribution in [-0.2, 0) is 10.8 Å². The number of aromatic nitrogens is 3. The van der Waals surface area contributed by atoms with Crippen molar-refractivity contribution in [2.75, 3.05) is 11.5 Å². The Balaban J connectivity index is 2.69. The summed E-state index contributed by atoms with van der Waals surface area (Å²) in [7, 11) is 0. The topological polar surface area (TPSA) is 82.8 Å². The highest BCUT2D eigenvalue weighted by atomic mass is 15.4. The fourth-order valence-electron chi connectivity index (χ4n) is 2.13. The maximum atomic E-state index is 5.90. The SMILES string of the molecule is CC(C)(C)c1cc(-n2nc(N)nc2N)cc(C(C)(C)C)c1.